The minimum atomic E-state index is -0.0455. The lowest BCUT2D eigenvalue weighted by Crippen LogP contribution is -2.25. The van der Waals surface area contributed by atoms with Gasteiger partial charge in [0.1, 0.15) is 19.4 Å². The van der Waals surface area contributed by atoms with Crippen molar-refractivity contribution in [3.8, 4) is 17.0 Å². The fraction of sp³-hybridized carbons (Fsp3) is 0.150. The number of hydrogen-bond acceptors (Lipinski definition) is 6. The van der Waals surface area contributed by atoms with Crippen LogP contribution in [0.3, 0.4) is 0 Å². The van der Waals surface area contributed by atoms with Gasteiger partial charge < -0.3 is 15.7 Å². The zero-order chi connectivity index (χ0) is 20.2. The van der Waals surface area contributed by atoms with Crippen molar-refractivity contribution in [2.75, 3.05) is 18.4 Å². The second-order valence-corrected chi connectivity index (χ2v) is 7.57. The molecule has 0 bridgehead atoms. The average Bonchev–Trinajstić information content (AvgIpc) is 3.38. The molecule has 3 N–H and O–H groups in total. The SMILES string of the molecule is Bc1cnn2c(NCCCNC(=O)c3cccs3)cc(-c3ccccc3O)nc12. The van der Waals surface area contributed by atoms with Gasteiger partial charge in [-0.15, -0.1) is 11.3 Å². The quantitative estimate of drug-likeness (QED) is 0.321. The van der Waals surface area contributed by atoms with Crippen LogP contribution in [0.4, 0.5) is 5.82 Å². The second kappa shape index (κ2) is 8.36. The Kier molecular flexibility index (Phi) is 5.48. The van der Waals surface area contributed by atoms with Crippen molar-refractivity contribution >= 4 is 42.0 Å². The summed E-state index contributed by atoms with van der Waals surface area (Å²) in [6.45, 7) is 1.23. The summed E-state index contributed by atoms with van der Waals surface area (Å²) in [6, 6.07) is 12.7. The van der Waals surface area contributed by atoms with Gasteiger partial charge in [0.2, 0.25) is 0 Å². The molecule has 0 unspecified atom stereocenters. The Morgan fingerprint density at radius 3 is 2.86 bits per heavy atom. The van der Waals surface area contributed by atoms with E-state index in [9.17, 15) is 9.90 Å². The zero-order valence-electron chi connectivity index (χ0n) is 15.9. The number of aromatic nitrogens is 3. The van der Waals surface area contributed by atoms with Gasteiger partial charge in [-0.2, -0.15) is 9.61 Å². The molecule has 0 aliphatic rings. The Morgan fingerprint density at radius 2 is 2.07 bits per heavy atom. The van der Waals surface area contributed by atoms with Gasteiger partial charge in [-0.05, 0) is 35.5 Å². The molecule has 146 valence electrons. The van der Waals surface area contributed by atoms with Gasteiger partial charge >= 0.3 is 0 Å². The average molecular weight is 405 g/mol. The predicted molar refractivity (Wildman–Crippen MR) is 118 cm³/mol. The number of nitrogens with one attached hydrogen (secondary N) is 2. The highest BCUT2D eigenvalue weighted by Crippen LogP contribution is 2.29. The van der Waals surface area contributed by atoms with E-state index in [0.29, 0.717) is 29.2 Å². The minimum Gasteiger partial charge on any atom is -0.507 e. The van der Waals surface area contributed by atoms with Crippen LogP contribution in [0.5, 0.6) is 5.75 Å². The number of fused-ring (bicyclic) bond motifs is 1. The van der Waals surface area contributed by atoms with Crippen LogP contribution in [0.15, 0.2) is 54.0 Å². The molecule has 0 spiro atoms. The van der Waals surface area contributed by atoms with Crippen LogP contribution in [0, 0.1) is 0 Å². The number of carbonyl (C=O) groups excluding carboxylic acids is 1. The van der Waals surface area contributed by atoms with Gasteiger partial charge in [-0.25, -0.2) is 4.98 Å². The normalized spacial score (nSPS) is 10.9. The lowest BCUT2D eigenvalue weighted by Gasteiger charge is -2.12. The van der Waals surface area contributed by atoms with Gasteiger partial charge in [-0.3, -0.25) is 4.79 Å². The van der Waals surface area contributed by atoms with Crippen molar-refractivity contribution in [3.05, 3.63) is 58.9 Å². The molecule has 0 aliphatic heterocycles. The topological polar surface area (TPSA) is 91.5 Å². The third kappa shape index (κ3) is 4.09. The number of aromatic hydroxyl groups is 1. The number of hydrogen-bond donors (Lipinski definition) is 3. The molecule has 0 atom stereocenters. The fourth-order valence-electron chi connectivity index (χ4n) is 3.03. The van der Waals surface area contributed by atoms with Gasteiger partial charge in [0.05, 0.1) is 10.6 Å². The van der Waals surface area contributed by atoms with Gasteiger partial charge in [-0.1, -0.05) is 18.2 Å². The Morgan fingerprint density at radius 1 is 1.21 bits per heavy atom. The third-order valence-corrected chi connectivity index (χ3v) is 5.39. The largest absolute Gasteiger partial charge is 0.507 e. The molecule has 0 saturated heterocycles. The Labute approximate surface area is 172 Å². The van der Waals surface area contributed by atoms with E-state index in [0.717, 1.165) is 23.3 Å². The number of thiophene rings is 1. The van der Waals surface area contributed by atoms with Crippen LogP contribution in [0.25, 0.3) is 16.9 Å². The Balaban J connectivity index is 1.47. The van der Waals surface area contributed by atoms with Crippen LogP contribution in [0.2, 0.25) is 0 Å². The van der Waals surface area contributed by atoms with Gasteiger partial charge in [0, 0.05) is 30.9 Å². The molecular weight excluding hydrogens is 385 g/mol. The van der Waals surface area contributed by atoms with E-state index in [-0.39, 0.29) is 11.7 Å². The second-order valence-electron chi connectivity index (χ2n) is 6.62. The molecule has 3 heterocycles. The molecule has 4 rings (SSSR count). The van der Waals surface area contributed by atoms with E-state index >= 15 is 0 Å². The van der Waals surface area contributed by atoms with Crippen LogP contribution in [-0.2, 0) is 0 Å². The molecule has 4 aromatic rings. The Bertz CT molecular complexity index is 1140. The van der Waals surface area contributed by atoms with Crippen LogP contribution >= 0.6 is 11.3 Å². The number of para-hydroxylation sites is 1. The van der Waals surface area contributed by atoms with Crippen LogP contribution < -0.4 is 16.1 Å². The number of phenols is 1. The van der Waals surface area contributed by atoms with E-state index < -0.39 is 0 Å². The summed E-state index contributed by atoms with van der Waals surface area (Å²) in [5, 5.41) is 22.8. The number of anilines is 1. The molecule has 1 aromatic carbocycles. The number of carbonyl (C=O) groups is 1. The smallest absolute Gasteiger partial charge is 0.261 e. The number of nitrogens with zero attached hydrogens (tertiary/aromatic N) is 3. The van der Waals surface area contributed by atoms with E-state index in [2.05, 4.69) is 20.7 Å². The van der Waals surface area contributed by atoms with Crippen molar-refractivity contribution < 1.29 is 9.90 Å². The van der Waals surface area contributed by atoms with Crippen molar-refractivity contribution in [2.45, 2.75) is 6.42 Å². The molecule has 0 aliphatic carbocycles. The molecule has 7 nitrogen and oxygen atoms in total. The lowest BCUT2D eigenvalue weighted by atomic mass is 10.0. The summed E-state index contributed by atoms with van der Waals surface area (Å²) in [6.07, 6.45) is 2.52. The van der Waals surface area contributed by atoms with E-state index in [4.69, 9.17) is 0 Å². The van der Waals surface area contributed by atoms with E-state index in [1.807, 2.05) is 43.6 Å². The zero-order valence-corrected chi connectivity index (χ0v) is 16.7. The molecule has 29 heavy (non-hydrogen) atoms. The van der Waals surface area contributed by atoms with E-state index in [1.165, 1.54) is 11.3 Å². The number of amides is 1. The molecule has 0 radical (unpaired) electrons. The standard InChI is InChI=1S/C20H20BN5O2S/c21-14-12-24-26-18(22-8-4-9-23-20(28)17-7-3-10-29-17)11-15(25-19(14)26)13-5-1-2-6-16(13)27/h1-3,5-7,10-12,22,27H,4,8-9,21H2,(H,23,28). The lowest BCUT2D eigenvalue weighted by molar-refractivity contribution is 0.0957. The summed E-state index contributed by atoms with van der Waals surface area (Å²) in [5.74, 6) is 0.922. The minimum absolute atomic E-state index is 0.0455. The van der Waals surface area contributed by atoms with Gasteiger partial charge in [0.25, 0.3) is 5.91 Å². The molecule has 0 fully saturated rings. The van der Waals surface area contributed by atoms with Crippen molar-refractivity contribution in [1.29, 1.82) is 0 Å². The summed E-state index contributed by atoms with van der Waals surface area (Å²) < 4.78 is 1.75. The summed E-state index contributed by atoms with van der Waals surface area (Å²) in [5.41, 5.74) is 3.03. The first-order valence-corrected chi connectivity index (χ1v) is 10.2. The highest BCUT2D eigenvalue weighted by molar-refractivity contribution is 7.12. The summed E-state index contributed by atoms with van der Waals surface area (Å²) in [4.78, 5) is 17.4. The van der Waals surface area contributed by atoms with Crippen molar-refractivity contribution in [1.82, 2.24) is 19.9 Å². The highest BCUT2D eigenvalue weighted by atomic mass is 32.1. The number of phenolic OH excluding ortho intramolecular Hbond substituents is 1. The van der Waals surface area contributed by atoms with Crippen molar-refractivity contribution in [2.24, 2.45) is 0 Å². The summed E-state index contributed by atoms with van der Waals surface area (Å²) in [7, 11) is 1.95. The maximum atomic E-state index is 12.0. The van der Waals surface area contributed by atoms with Gasteiger partial charge in [0.15, 0.2) is 5.65 Å². The maximum Gasteiger partial charge on any atom is 0.261 e. The first-order chi connectivity index (χ1) is 14.1. The number of rotatable bonds is 7. The third-order valence-electron chi connectivity index (χ3n) is 4.52. The first-order valence-electron chi connectivity index (χ1n) is 9.33. The predicted octanol–water partition coefficient (Wildman–Crippen LogP) is 1.65. The molecular formula is C20H20BN5O2S. The molecule has 9 heteroatoms. The Hall–Kier alpha value is -3.33. The van der Waals surface area contributed by atoms with Crippen LogP contribution in [-0.4, -0.2) is 46.5 Å². The van der Waals surface area contributed by atoms with Crippen LogP contribution in [0.1, 0.15) is 16.1 Å². The highest BCUT2D eigenvalue weighted by Gasteiger charge is 2.12. The summed E-state index contributed by atoms with van der Waals surface area (Å²) >= 11 is 1.43. The van der Waals surface area contributed by atoms with Crippen molar-refractivity contribution in [3.63, 3.8) is 0 Å². The maximum absolute atomic E-state index is 12.0. The monoisotopic (exact) mass is 405 g/mol. The molecule has 0 saturated carbocycles. The fourth-order valence-corrected chi connectivity index (χ4v) is 3.67. The number of benzene rings is 1. The molecule has 1 amide bonds. The first kappa shape index (κ1) is 19.0. The van der Waals surface area contributed by atoms with E-state index in [1.54, 1.807) is 22.8 Å². The molecule has 3 aromatic heterocycles.